The maximum Gasteiger partial charge on any atom is 0.142 e. The molecular formula is C9H10BrClFN. The Hall–Kier alpha value is -0.120. The maximum atomic E-state index is 13.4. The van der Waals surface area contributed by atoms with Crippen molar-refractivity contribution in [3.63, 3.8) is 0 Å². The summed E-state index contributed by atoms with van der Waals surface area (Å²) in [4.78, 5) is 0. The lowest BCUT2D eigenvalue weighted by Crippen LogP contribution is -2.35. The van der Waals surface area contributed by atoms with Gasteiger partial charge in [-0.3, -0.25) is 0 Å². The fourth-order valence-electron chi connectivity index (χ4n) is 1.34. The second-order valence-corrected chi connectivity index (χ2v) is 3.79. The monoisotopic (exact) mass is 265 g/mol. The summed E-state index contributed by atoms with van der Waals surface area (Å²) in [6.45, 7) is 0.997. The molecule has 0 unspecified atom stereocenters. The Bertz CT molecular complexity index is 302. The number of hydrogen-bond donors (Lipinski definition) is 1. The highest BCUT2D eigenvalue weighted by molar-refractivity contribution is 9.10. The molecule has 1 heterocycles. The van der Waals surface area contributed by atoms with Gasteiger partial charge in [0.05, 0.1) is 4.47 Å². The van der Waals surface area contributed by atoms with Gasteiger partial charge >= 0.3 is 0 Å². The van der Waals surface area contributed by atoms with E-state index in [1.807, 2.05) is 12.1 Å². The van der Waals surface area contributed by atoms with Crippen LogP contribution in [0, 0.1) is 5.82 Å². The van der Waals surface area contributed by atoms with E-state index in [9.17, 15) is 4.39 Å². The van der Waals surface area contributed by atoms with Gasteiger partial charge in [-0.15, -0.1) is 12.4 Å². The van der Waals surface area contributed by atoms with Crippen LogP contribution in [0.15, 0.2) is 22.7 Å². The van der Waals surface area contributed by atoms with Gasteiger partial charge in [0.1, 0.15) is 5.82 Å². The highest BCUT2D eigenvalue weighted by Crippen LogP contribution is 2.28. The van der Waals surface area contributed by atoms with Crippen LogP contribution >= 0.6 is 28.3 Å². The minimum absolute atomic E-state index is 0. The summed E-state index contributed by atoms with van der Waals surface area (Å²) in [5.41, 5.74) is 0.774. The van der Waals surface area contributed by atoms with Crippen molar-refractivity contribution in [2.24, 2.45) is 0 Å². The van der Waals surface area contributed by atoms with E-state index in [1.54, 1.807) is 6.07 Å². The van der Waals surface area contributed by atoms with Crippen LogP contribution in [0.5, 0.6) is 0 Å². The molecule has 72 valence electrons. The molecule has 1 aromatic rings. The summed E-state index contributed by atoms with van der Waals surface area (Å²) < 4.78 is 13.9. The minimum atomic E-state index is -0.130. The molecule has 0 amide bonds. The predicted octanol–water partition coefficient (Wildman–Crippen LogP) is 3.04. The quantitative estimate of drug-likeness (QED) is 0.824. The summed E-state index contributed by atoms with van der Waals surface area (Å²) in [6, 6.07) is 5.64. The molecule has 0 spiro atoms. The molecule has 4 heteroatoms. The lowest BCUT2D eigenvalue weighted by Gasteiger charge is -2.28. The minimum Gasteiger partial charge on any atom is -0.310 e. The molecule has 0 saturated carbocycles. The molecule has 0 radical (unpaired) electrons. The topological polar surface area (TPSA) is 12.0 Å². The lowest BCUT2D eigenvalue weighted by molar-refractivity contribution is 0.370. The van der Waals surface area contributed by atoms with Crippen LogP contribution < -0.4 is 5.32 Å². The van der Waals surface area contributed by atoms with Gasteiger partial charge in [0.15, 0.2) is 0 Å². The van der Waals surface area contributed by atoms with Crippen molar-refractivity contribution in [1.82, 2.24) is 5.32 Å². The maximum absolute atomic E-state index is 13.4. The molecule has 1 atom stereocenters. The molecule has 1 N–H and O–H groups in total. The molecule has 0 aromatic heterocycles. The van der Waals surface area contributed by atoms with E-state index >= 15 is 0 Å². The first-order valence-electron chi connectivity index (χ1n) is 3.96. The van der Waals surface area contributed by atoms with Gasteiger partial charge in [-0.25, -0.2) is 4.39 Å². The van der Waals surface area contributed by atoms with Gasteiger partial charge in [-0.1, -0.05) is 12.1 Å². The Balaban J connectivity index is 0.000000845. The first-order chi connectivity index (χ1) is 5.79. The third-order valence-corrected chi connectivity index (χ3v) is 2.79. The Kier molecular flexibility index (Phi) is 3.71. The van der Waals surface area contributed by atoms with Crippen LogP contribution in [0.2, 0.25) is 0 Å². The molecule has 1 aromatic carbocycles. The molecule has 0 aliphatic carbocycles. The van der Waals surface area contributed by atoms with Crippen LogP contribution in [0.4, 0.5) is 4.39 Å². The number of hydrogen-bond acceptors (Lipinski definition) is 1. The molecule has 13 heavy (non-hydrogen) atoms. The number of halogens is 3. The van der Waals surface area contributed by atoms with E-state index in [-0.39, 0.29) is 24.3 Å². The fraction of sp³-hybridized carbons (Fsp3) is 0.333. The largest absolute Gasteiger partial charge is 0.310 e. The molecule has 1 saturated heterocycles. The van der Waals surface area contributed by atoms with Crippen molar-refractivity contribution in [3.8, 4) is 0 Å². The zero-order valence-corrected chi connectivity index (χ0v) is 9.29. The van der Waals surface area contributed by atoms with Crippen molar-refractivity contribution in [2.75, 3.05) is 6.54 Å². The van der Waals surface area contributed by atoms with Crippen LogP contribution in [0.3, 0.4) is 0 Å². The highest BCUT2D eigenvalue weighted by atomic mass is 79.9. The van der Waals surface area contributed by atoms with Crippen molar-refractivity contribution in [1.29, 1.82) is 0 Å². The number of nitrogens with one attached hydrogen (secondary N) is 1. The van der Waals surface area contributed by atoms with Crippen molar-refractivity contribution in [3.05, 3.63) is 34.1 Å². The third-order valence-electron chi connectivity index (χ3n) is 2.18. The standard InChI is InChI=1S/C9H9BrFN.ClH/c10-7-3-1-2-6(9(7)11)8-4-5-12-8;/h1-3,8,12H,4-5H2;1H/t8-;/m0./s1. The van der Waals surface area contributed by atoms with Gasteiger partial charge < -0.3 is 5.32 Å². The smallest absolute Gasteiger partial charge is 0.142 e. The third kappa shape index (κ3) is 2.03. The zero-order chi connectivity index (χ0) is 8.55. The van der Waals surface area contributed by atoms with Crippen LogP contribution in [-0.2, 0) is 0 Å². The zero-order valence-electron chi connectivity index (χ0n) is 6.89. The Morgan fingerprint density at radius 3 is 2.69 bits per heavy atom. The normalized spacial score (nSPS) is 20.3. The first-order valence-corrected chi connectivity index (χ1v) is 4.75. The lowest BCUT2D eigenvalue weighted by atomic mass is 9.98. The number of benzene rings is 1. The van der Waals surface area contributed by atoms with Crippen molar-refractivity contribution in [2.45, 2.75) is 12.5 Å². The van der Waals surface area contributed by atoms with E-state index < -0.39 is 0 Å². The first kappa shape index (κ1) is 11.0. The summed E-state index contributed by atoms with van der Waals surface area (Å²) in [5.74, 6) is -0.130. The summed E-state index contributed by atoms with van der Waals surface area (Å²) in [6.07, 6.45) is 1.04. The SMILES string of the molecule is Cl.Fc1c(Br)cccc1[C@@H]1CCN1. The van der Waals surface area contributed by atoms with Crippen LogP contribution in [-0.4, -0.2) is 6.54 Å². The Morgan fingerprint density at radius 1 is 1.46 bits per heavy atom. The molecule has 1 aliphatic heterocycles. The Labute approximate surface area is 91.3 Å². The highest BCUT2D eigenvalue weighted by Gasteiger charge is 2.22. The summed E-state index contributed by atoms with van der Waals surface area (Å²) >= 11 is 3.16. The van der Waals surface area contributed by atoms with Gasteiger partial charge in [-0.05, 0) is 35.0 Å². The van der Waals surface area contributed by atoms with Crippen molar-refractivity contribution >= 4 is 28.3 Å². The molecule has 2 rings (SSSR count). The van der Waals surface area contributed by atoms with E-state index in [2.05, 4.69) is 21.2 Å². The summed E-state index contributed by atoms with van der Waals surface area (Å²) in [5, 5.41) is 3.17. The Morgan fingerprint density at radius 2 is 2.15 bits per heavy atom. The van der Waals surface area contributed by atoms with E-state index in [1.165, 1.54) is 0 Å². The van der Waals surface area contributed by atoms with Gasteiger partial charge in [-0.2, -0.15) is 0 Å². The molecule has 1 aliphatic rings. The average molecular weight is 267 g/mol. The van der Waals surface area contributed by atoms with E-state index in [4.69, 9.17) is 0 Å². The molecular weight excluding hydrogens is 256 g/mol. The fourth-order valence-corrected chi connectivity index (χ4v) is 1.73. The van der Waals surface area contributed by atoms with Crippen LogP contribution in [0.25, 0.3) is 0 Å². The van der Waals surface area contributed by atoms with Crippen molar-refractivity contribution < 1.29 is 4.39 Å². The van der Waals surface area contributed by atoms with Gasteiger partial charge in [0.2, 0.25) is 0 Å². The van der Waals surface area contributed by atoms with Gasteiger partial charge in [0.25, 0.3) is 0 Å². The molecule has 1 fully saturated rings. The second kappa shape index (κ2) is 4.40. The molecule has 1 nitrogen and oxygen atoms in total. The summed E-state index contributed by atoms with van der Waals surface area (Å²) in [7, 11) is 0. The molecule has 0 bridgehead atoms. The number of rotatable bonds is 1. The van der Waals surface area contributed by atoms with E-state index in [0.29, 0.717) is 4.47 Å². The van der Waals surface area contributed by atoms with Crippen LogP contribution in [0.1, 0.15) is 18.0 Å². The van der Waals surface area contributed by atoms with E-state index in [0.717, 1.165) is 18.5 Å². The van der Waals surface area contributed by atoms with Gasteiger partial charge in [0, 0.05) is 11.6 Å². The average Bonchev–Trinajstić information content (AvgIpc) is 1.95. The second-order valence-electron chi connectivity index (χ2n) is 2.94. The predicted molar refractivity (Wildman–Crippen MR) is 56.7 cm³/mol.